The average Bonchev–Trinajstić information content (AvgIpc) is 4.29. The standard InChI is InChI=1S/C73H48N4O.Pt/c1-75-49-76(60-29-18-30-61(47-60)78-62-38-39-66-65-31-14-15-35-68(65)77(70(66)48-62)71-37-16-17-40-74-71)69-36-20-34-67(73(69)75)72-63(58-43-54(50-21-6-2-7-22-50)41-55(44-58)51-23-8-3-9-24-51)32-19-33-64(72)59-45-56(52-25-10-4-11-26-52)42-57(46-59)53-27-12-5-13-28-53;/h2-46H,1H3;/q-2;/i1D3;. The van der Waals surface area contributed by atoms with Crippen molar-refractivity contribution >= 4 is 32.8 Å². The molecule has 0 atom stereocenters. The Morgan fingerprint density at radius 2 is 0.911 bits per heavy atom. The van der Waals surface area contributed by atoms with Gasteiger partial charge >= 0.3 is 0 Å². The Hall–Kier alpha value is -9.67. The van der Waals surface area contributed by atoms with Gasteiger partial charge < -0.3 is 18.4 Å². The fourth-order valence-corrected chi connectivity index (χ4v) is 11.0. The number of benzene rings is 11. The van der Waals surface area contributed by atoms with Crippen LogP contribution in [0.3, 0.4) is 0 Å². The number of nitrogens with zero attached hydrogens (tertiary/aromatic N) is 4. The second kappa shape index (κ2) is 21.0. The van der Waals surface area contributed by atoms with E-state index in [0.717, 1.165) is 106 Å². The van der Waals surface area contributed by atoms with Crippen LogP contribution in [0.5, 0.6) is 11.5 Å². The quantitative estimate of drug-likeness (QED) is 0.0956. The third-order valence-electron chi connectivity index (χ3n) is 14.6. The maximum absolute atomic E-state index is 9.20. The molecule has 0 spiro atoms. The van der Waals surface area contributed by atoms with E-state index in [1.54, 1.807) is 10.8 Å². The summed E-state index contributed by atoms with van der Waals surface area (Å²) in [6, 6.07) is 98.5. The van der Waals surface area contributed by atoms with Gasteiger partial charge in [0.15, 0.2) is 0 Å². The van der Waals surface area contributed by atoms with Gasteiger partial charge in [-0.3, -0.25) is 0 Å². The Bertz CT molecular complexity index is 4380. The molecule has 3 aromatic heterocycles. The van der Waals surface area contributed by atoms with Gasteiger partial charge in [0.2, 0.25) is 6.33 Å². The molecule has 0 radical (unpaired) electrons. The molecule has 14 rings (SSSR count). The summed E-state index contributed by atoms with van der Waals surface area (Å²) in [7, 11) is 0. The molecule has 0 N–H and O–H groups in total. The molecule has 0 unspecified atom stereocenters. The van der Waals surface area contributed by atoms with Gasteiger partial charge in [-0.25, -0.2) is 4.98 Å². The molecule has 11 aromatic carbocycles. The molecule has 0 bridgehead atoms. The molecule has 5 nitrogen and oxygen atoms in total. The summed E-state index contributed by atoms with van der Waals surface area (Å²) in [4.78, 5) is 4.70. The SMILES string of the molecule is [2H]C([2H])([2H])[n+]1[c-]n(-c2[c-]c(Oc3[c-]c4c(cc3)c3ccccc3n4-c3ccccn3)ccc2)c2cccc(-c3c(-c4cc(-c5ccccc5)cc(-c5ccccc5)c4)cccc3-c3cc(-c4ccccc4)cc(-c4ccccc4)c3)c21.[Pt]. The predicted octanol–water partition coefficient (Wildman–Crippen LogP) is 17.8. The van der Waals surface area contributed by atoms with Crippen molar-refractivity contribution in [1.29, 1.82) is 0 Å². The molecule has 14 aromatic rings. The van der Waals surface area contributed by atoms with Gasteiger partial charge in [-0.15, -0.1) is 29.7 Å². The van der Waals surface area contributed by atoms with Crippen LogP contribution < -0.4 is 9.30 Å². The first-order valence-corrected chi connectivity index (χ1v) is 26.0. The normalized spacial score (nSPS) is 12.0. The molecule has 79 heavy (non-hydrogen) atoms. The van der Waals surface area contributed by atoms with Crippen LogP contribution in [0.1, 0.15) is 4.11 Å². The minimum Gasteiger partial charge on any atom is -0.510 e. The number of fused-ring (bicyclic) bond motifs is 4. The van der Waals surface area contributed by atoms with E-state index in [0.29, 0.717) is 28.2 Å². The maximum atomic E-state index is 9.20. The number of para-hydroxylation sites is 2. The van der Waals surface area contributed by atoms with Gasteiger partial charge in [0.1, 0.15) is 5.82 Å². The maximum Gasteiger partial charge on any atom is 0.242 e. The van der Waals surface area contributed by atoms with Crippen molar-refractivity contribution in [3.05, 3.63) is 292 Å². The number of ether oxygens (including phenoxy) is 1. The number of hydrogen-bond acceptors (Lipinski definition) is 2. The first kappa shape index (κ1) is 45.5. The molecule has 0 amide bonds. The minimum atomic E-state index is -2.65. The third-order valence-corrected chi connectivity index (χ3v) is 14.6. The van der Waals surface area contributed by atoms with E-state index in [9.17, 15) is 4.11 Å². The first-order valence-electron chi connectivity index (χ1n) is 27.5. The van der Waals surface area contributed by atoms with Crippen LogP contribution in [0.25, 0.3) is 122 Å². The van der Waals surface area contributed by atoms with E-state index in [4.69, 9.17) is 9.72 Å². The monoisotopic (exact) mass is 1190 g/mol. The van der Waals surface area contributed by atoms with Crippen LogP contribution in [-0.4, -0.2) is 14.1 Å². The second-order valence-electron chi connectivity index (χ2n) is 19.4. The van der Waals surface area contributed by atoms with Crippen molar-refractivity contribution in [3.8, 4) is 101 Å². The van der Waals surface area contributed by atoms with Crippen LogP contribution in [0, 0.1) is 18.5 Å². The molecule has 6 heteroatoms. The van der Waals surface area contributed by atoms with Crippen LogP contribution in [-0.2, 0) is 28.0 Å². The van der Waals surface area contributed by atoms with Crippen LogP contribution in [0.4, 0.5) is 0 Å². The Morgan fingerprint density at radius 1 is 0.418 bits per heavy atom. The molecule has 378 valence electrons. The van der Waals surface area contributed by atoms with Crippen molar-refractivity contribution in [2.75, 3.05) is 0 Å². The van der Waals surface area contributed by atoms with Crippen molar-refractivity contribution in [2.45, 2.75) is 0 Å². The molecule has 0 saturated heterocycles. The van der Waals surface area contributed by atoms with E-state index in [2.05, 4.69) is 187 Å². The Kier molecular flexibility index (Phi) is 12.1. The molecule has 0 saturated carbocycles. The molecule has 0 fully saturated rings. The topological polar surface area (TPSA) is 35.9 Å². The summed E-state index contributed by atoms with van der Waals surface area (Å²) in [5, 5.41) is 2.10. The van der Waals surface area contributed by atoms with Gasteiger partial charge in [0.25, 0.3) is 0 Å². The van der Waals surface area contributed by atoms with Crippen LogP contribution in [0.2, 0.25) is 0 Å². The number of aryl methyl sites for hydroxylation is 1. The molecular formula is C73H48N4OPt-2. The fraction of sp³-hybridized carbons (Fsp3) is 0.0137. The fourth-order valence-electron chi connectivity index (χ4n) is 11.0. The molecule has 3 heterocycles. The zero-order valence-electron chi connectivity index (χ0n) is 45.5. The molecule has 0 aliphatic carbocycles. The summed E-state index contributed by atoms with van der Waals surface area (Å²) >= 11 is 0. The van der Waals surface area contributed by atoms with Crippen molar-refractivity contribution in [1.82, 2.24) is 14.1 Å². The Balaban J connectivity index is 0.00000631. The van der Waals surface area contributed by atoms with E-state index < -0.39 is 6.98 Å². The number of imidazole rings is 1. The molecule has 0 aliphatic rings. The molecular weight excluding hydrogens is 1140 g/mol. The van der Waals surface area contributed by atoms with Gasteiger partial charge in [0, 0.05) is 44.3 Å². The summed E-state index contributed by atoms with van der Waals surface area (Å²) in [5.74, 6) is 1.68. The molecule has 0 aliphatic heterocycles. The largest absolute Gasteiger partial charge is 0.510 e. The number of aromatic nitrogens is 4. The van der Waals surface area contributed by atoms with E-state index in [-0.39, 0.29) is 21.1 Å². The number of hydrogen-bond donors (Lipinski definition) is 0. The summed E-state index contributed by atoms with van der Waals surface area (Å²) in [6.45, 7) is -2.65. The minimum absolute atomic E-state index is 0. The Morgan fingerprint density at radius 3 is 1.48 bits per heavy atom. The van der Waals surface area contributed by atoms with Crippen LogP contribution >= 0.6 is 0 Å². The van der Waals surface area contributed by atoms with Gasteiger partial charge in [-0.05, 0) is 138 Å². The predicted molar refractivity (Wildman–Crippen MR) is 318 cm³/mol. The van der Waals surface area contributed by atoms with Crippen LogP contribution in [0.15, 0.2) is 273 Å². The summed E-state index contributed by atoms with van der Waals surface area (Å²) < 4.78 is 39.4. The van der Waals surface area contributed by atoms with Gasteiger partial charge in [-0.1, -0.05) is 193 Å². The third kappa shape index (κ3) is 9.24. The number of rotatable bonds is 11. The summed E-state index contributed by atoms with van der Waals surface area (Å²) in [6.07, 6.45) is 5.10. The number of pyridine rings is 1. The summed E-state index contributed by atoms with van der Waals surface area (Å²) in [5.41, 5.74) is 17.5. The van der Waals surface area contributed by atoms with E-state index in [1.165, 1.54) is 4.57 Å². The second-order valence-corrected chi connectivity index (χ2v) is 19.4. The van der Waals surface area contributed by atoms with Gasteiger partial charge in [0.05, 0.1) is 22.1 Å². The van der Waals surface area contributed by atoms with Crippen molar-refractivity contribution in [3.63, 3.8) is 0 Å². The zero-order valence-corrected chi connectivity index (χ0v) is 44.8. The van der Waals surface area contributed by atoms with Gasteiger partial charge in [-0.2, -0.15) is 18.2 Å². The Labute approximate surface area is 478 Å². The smallest absolute Gasteiger partial charge is 0.242 e. The first-order chi connectivity index (χ1) is 39.8. The zero-order chi connectivity index (χ0) is 54.4. The van der Waals surface area contributed by atoms with E-state index in [1.807, 2.05) is 103 Å². The average molecular weight is 1200 g/mol. The van der Waals surface area contributed by atoms with Crippen molar-refractivity contribution in [2.24, 2.45) is 6.98 Å². The van der Waals surface area contributed by atoms with E-state index >= 15 is 0 Å². The van der Waals surface area contributed by atoms with Crippen molar-refractivity contribution < 1.29 is 34.5 Å².